The molecule has 0 radical (unpaired) electrons. The van der Waals surface area contributed by atoms with Crippen molar-refractivity contribution in [3.63, 3.8) is 0 Å². The molecule has 1 aliphatic carbocycles. The van der Waals surface area contributed by atoms with Crippen LogP contribution in [0.3, 0.4) is 0 Å². The van der Waals surface area contributed by atoms with E-state index in [0.717, 1.165) is 17.5 Å². The van der Waals surface area contributed by atoms with Gasteiger partial charge in [0.2, 0.25) is 0 Å². The molecule has 0 amide bonds. The van der Waals surface area contributed by atoms with Gasteiger partial charge in [-0.05, 0) is 58.1 Å². The molecule has 1 aliphatic heterocycles. The Morgan fingerprint density at radius 3 is 2.56 bits per heavy atom. The Hall–Kier alpha value is -2.45. The predicted molar refractivity (Wildman–Crippen MR) is 145 cm³/mol. The third kappa shape index (κ3) is 6.45. The van der Waals surface area contributed by atoms with E-state index in [1.165, 1.54) is 57.8 Å². The fraction of sp³-hybridized carbons (Fsp3) is 0.679. The first-order valence-electron chi connectivity index (χ1n) is 13.9. The molecule has 2 heterocycles. The topological polar surface area (TPSA) is 99.5 Å². The maximum Gasteiger partial charge on any atom is 0.317 e. The second kappa shape index (κ2) is 12.7. The third-order valence-electron chi connectivity index (χ3n) is 8.06. The molecule has 1 saturated heterocycles. The predicted octanol–water partition coefficient (Wildman–Crippen LogP) is 4.40. The first-order valence-corrected chi connectivity index (χ1v) is 13.9. The maximum absolute atomic E-state index is 13.6. The monoisotopic (exact) mass is 497 g/mol. The van der Waals surface area contributed by atoms with Crippen LogP contribution in [0, 0.1) is 0 Å². The molecule has 36 heavy (non-hydrogen) atoms. The first kappa shape index (κ1) is 26.6. The van der Waals surface area contributed by atoms with Crippen LogP contribution in [-0.2, 0) is 4.79 Å². The molecular formula is C28H43N5O3. The van der Waals surface area contributed by atoms with Crippen molar-refractivity contribution in [3.8, 4) is 0 Å². The van der Waals surface area contributed by atoms with Gasteiger partial charge in [-0.2, -0.15) is 0 Å². The Morgan fingerprint density at radius 2 is 1.81 bits per heavy atom. The number of fused-ring (bicyclic) bond motifs is 1. The lowest BCUT2D eigenvalue weighted by Crippen LogP contribution is -2.44. The Bertz CT molecular complexity index is 1060. The van der Waals surface area contributed by atoms with Crippen LogP contribution in [0.1, 0.15) is 84.1 Å². The summed E-state index contributed by atoms with van der Waals surface area (Å²) in [5.41, 5.74) is 1.55. The zero-order valence-corrected chi connectivity index (χ0v) is 21.9. The Labute approximate surface area is 214 Å². The molecule has 8 heteroatoms. The zero-order valence-electron chi connectivity index (χ0n) is 21.9. The van der Waals surface area contributed by atoms with Crippen LogP contribution in [0.15, 0.2) is 29.1 Å². The Morgan fingerprint density at radius 1 is 1.08 bits per heavy atom. The van der Waals surface area contributed by atoms with Crippen molar-refractivity contribution in [2.45, 2.75) is 102 Å². The van der Waals surface area contributed by atoms with Crippen molar-refractivity contribution in [2.24, 2.45) is 0 Å². The summed E-state index contributed by atoms with van der Waals surface area (Å²) in [4.78, 5) is 31.7. The molecule has 3 atom stereocenters. The number of carboxylic acid groups (broad SMARTS) is 1. The van der Waals surface area contributed by atoms with E-state index in [1.807, 2.05) is 28.8 Å². The first-order chi connectivity index (χ1) is 17.5. The lowest BCUT2D eigenvalue weighted by atomic mass is 9.94. The summed E-state index contributed by atoms with van der Waals surface area (Å²) in [6, 6.07) is 9.66. The van der Waals surface area contributed by atoms with Crippen molar-refractivity contribution < 1.29 is 9.90 Å². The highest BCUT2D eigenvalue weighted by Crippen LogP contribution is 2.35. The average molecular weight is 498 g/mol. The van der Waals surface area contributed by atoms with Crippen molar-refractivity contribution >= 4 is 22.8 Å². The normalized spacial score (nSPS) is 22.8. The highest BCUT2D eigenvalue weighted by molar-refractivity contribution is 5.76. The molecule has 1 aromatic carbocycles. The van der Waals surface area contributed by atoms with E-state index in [9.17, 15) is 9.59 Å². The van der Waals surface area contributed by atoms with Crippen LogP contribution in [0.4, 0.5) is 5.82 Å². The number of carbonyl (C=O) groups is 1. The number of nitrogens with zero attached hydrogens (tertiary/aromatic N) is 3. The molecular weight excluding hydrogens is 454 g/mol. The highest BCUT2D eigenvalue weighted by atomic mass is 16.4. The van der Waals surface area contributed by atoms with Gasteiger partial charge in [0.05, 0.1) is 17.6 Å². The molecule has 198 valence electrons. The summed E-state index contributed by atoms with van der Waals surface area (Å²) in [6.07, 6.45) is 12.8. The van der Waals surface area contributed by atoms with Crippen LogP contribution >= 0.6 is 0 Å². The molecule has 4 rings (SSSR count). The fourth-order valence-corrected chi connectivity index (χ4v) is 6.39. The number of aromatic nitrogens is 2. The van der Waals surface area contributed by atoms with Crippen LogP contribution in [0.2, 0.25) is 0 Å². The summed E-state index contributed by atoms with van der Waals surface area (Å²) in [5.74, 6) is -0.570. The number of likely N-dealkylation sites (tertiary alicyclic amines) is 1. The van der Waals surface area contributed by atoms with Crippen molar-refractivity contribution in [2.75, 3.05) is 25.0 Å². The van der Waals surface area contributed by atoms with Crippen molar-refractivity contribution in [3.05, 3.63) is 34.6 Å². The lowest BCUT2D eigenvalue weighted by Gasteiger charge is -2.38. The molecule has 0 bridgehead atoms. The quantitative estimate of drug-likeness (QED) is 0.419. The van der Waals surface area contributed by atoms with Gasteiger partial charge >= 0.3 is 5.97 Å². The second-order valence-corrected chi connectivity index (χ2v) is 10.7. The maximum atomic E-state index is 13.6. The molecule has 0 spiro atoms. The number of para-hydroxylation sites is 2. The number of carboxylic acids is 1. The summed E-state index contributed by atoms with van der Waals surface area (Å²) >= 11 is 0. The second-order valence-electron chi connectivity index (χ2n) is 10.7. The minimum atomic E-state index is -0.898. The van der Waals surface area contributed by atoms with Crippen LogP contribution in [0.25, 0.3) is 11.0 Å². The van der Waals surface area contributed by atoms with Crippen LogP contribution < -0.4 is 16.2 Å². The molecule has 8 nitrogen and oxygen atoms in total. The van der Waals surface area contributed by atoms with E-state index in [2.05, 4.69) is 34.4 Å². The molecule has 1 unspecified atom stereocenters. The van der Waals surface area contributed by atoms with Crippen molar-refractivity contribution in [1.29, 1.82) is 0 Å². The van der Waals surface area contributed by atoms with Crippen molar-refractivity contribution in [1.82, 2.24) is 19.8 Å². The Kier molecular flexibility index (Phi) is 9.37. The number of benzene rings is 1. The van der Waals surface area contributed by atoms with E-state index in [1.54, 1.807) is 0 Å². The molecule has 3 N–H and O–H groups in total. The molecule has 1 aromatic heterocycles. The van der Waals surface area contributed by atoms with Gasteiger partial charge in [0.15, 0.2) is 5.82 Å². The standard InChI is InChI=1S/C28H43N5O3/c1-20-14-15-23(32(20)22-10-6-4-3-5-7-11-22)18-21(2)33-25-13-9-8-12-24(25)31-27(28(33)36)30-17-16-29-19-26(34)35/h8-9,12-13,20-23,29H,3-7,10-11,14-19H2,1-2H3,(H,30,31)(H,34,35)/t20?,21-,23-/m0/s1. The van der Waals surface area contributed by atoms with Gasteiger partial charge in [-0.1, -0.05) is 44.2 Å². The van der Waals surface area contributed by atoms with Gasteiger partial charge in [-0.3, -0.25) is 14.5 Å². The molecule has 2 aromatic rings. The lowest BCUT2D eigenvalue weighted by molar-refractivity contribution is -0.135. The highest BCUT2D eigenvalue weighted by Gasteiger charge is 2.36. The van der Waals surface area contributed by atoms with E-state index < -0.39 is 5.97 Å². The minimum Gasteiger partial charge on any atom is -0.480 e. The zero-order chi connectivity index (χ0) is 25.5. The van der Waals surface area contributed by atoms with E-state index in [0.29, 0.717) is 37.0 Å². The van der Waals surface area contributed by atoms with Crippen LogP contribution in [-0.4, -0.2) is 63.3 Å². The van der Waals surface area contributed by atoms with Gasteiger partial charge in [0.25, 0.3) is 5.56 Å². The largest absolute Gasteiger partial charge is 0.480 e. The average Bonchev–Trinajstić information content (AvgIpc) is 3.18. The molecule has 1 saturated carbocycles. The smallest absolute Gasteiger partial charge is 0.317 e. The molecule has 2 aliphatic rings. The van der Waals surface area contributed by atoms with Gasteiger partial charge in [-0.15, -0.1) is 0 Å². The minimum absolute atomic E-state index is 0.0439. The Balaban J connectivity index is 1.53. The van der Waals surface area contributed by atoms with Gasteiger partial charge in [0.1, 0.15) is 0 Å². The third-order valence-corrected chi connectivity index (χ3v) is 8.06. The number of nitrogens with one attached hydrogen (secondary N) is 2. The summed E-state index contributed by atoms with van der Waals surface area (Å²) in [7, 11) is 0. The van der Waals surface area contributed by atoms with Gasteiger partial charge in [0, 0.05) is 37.3 Å². The fourth-order valence-electron chi connectivity index (χ4n) is 6.39. The van der Waals surface area contributed by atoms with E-state index in [4.69, 9.17) is 5.11 Å². The molecule has 2 fully saturated rings. The number of anilines is 1. The van der Waals surface area contributed by atoms with Gasteiger partial charge in [-0.25, -0.2) is 4.98 Å². The van der Waals surface area contributed by atoms with Crippen LogP contribution in [0.5, 0.6) is 0 Å². The summed E-state index contributed by atoms with van der Waals surface area (Å²) in [6.45, 7) is 5.32. The summed E-state index contributed by atoms with van der Waals surface area (Å²) < 4.78 is 1.93. The summed E-state index contributed by atoms with van der Waals surface area (Å²) in [5, 5.41) is 14.8. The van der Waals surface area contributed by atoms with E-state index in [-0.39, 0.29) is 18.1 Å². The van der Waals surface area contributed by atoms with Gasteiger partial charge < -0.3 is 20.3 Å². The number of aliphatic carboxylic acids is 1. The number of hydrogen-bond acceptors (Lipinski definition) is 6. The SMILES string of the molecule is CC1CC[C@@H](C[C@H](C)n2c(=O)c(NCCNCC(=O)O)nc3ccccc32)N1C1CCCCCCC1. The van der Waals surface area contributed by atoms with E-state index >= 15 is 0 Å². The number of rotatable bonds is 10. The number of hydrogen-bond donors (Lipinski definition) is 3.